The summed E-state index contributed by atoms with van der Waals surface area (Å²) in [5.74, 6) is 1.40. The van der Waals surface area contributed by atoms with Gasteiger partial charge in [0.25, 0.3) is 0 Å². The van der Waals surface area contributed by atoms with Gasteiger partial charge in [0.15, 0.2) is 0 Å². The maximum absolute atomic E-state index is 5.64. The second-order valence-electron chi connectivity index (χ2n) is 6.04. The number of hydrogen-bond donors (Lipinski definition) is 1. The number of aliphatic imine (C=N–C) groups is 1. The van der Waals surface area contributed by atoms with Gasteiger partial charge in [-0.15, -0.1) is 0 Å². The highest BCUT2D eigenvalue weighted by Gasteiger charge is 2.34. The molecule has 1 fully saturated rings. The second kappa shape index (κ2) is 6.48. The van der Waals surface area contributed by atoms with Crippen LogP contribution in [-0.2, 0) is 4.84 Å². The average molecular weight is 287 g/mol. The largest absolute Gasteiger partial charge is 0.335 e. The van der Waals surface area contributed by atoms with Crippen LogP contribution >= 0.6 is 0 Å². The summed E-state index contributed by atoms with van der Waals surface area (Å²) < 4.78 is 0. The molecule has 4 nitrogen and oxygen atoms in total. The Bertz CT molecular complexity index is 488. The van der Waals surface area contributed by atoms with E-state index in [-0.39, 0.29) is 0 Å². The molecule has 2 aliphatic rings. The van der Waals surface area contributed by atoms with Crippen LogP contribution in [0.4, 0.5) is 0 Å². The van der Waals surface area contributed by atoms with Crippen LogP contribution in [0.25, 0.3) is 0 Å². The van der Waals surface area contributed by atoms with Gasteiger partial charge in [0.05, 0.1) is 18.7 Å². The summed E-state index contributed by atoms with van der Waals surface area (Å²) in [5, 5.41) is 0. The quantitative estimate of drug-likeness (QED) is 0.928. The summed E-state index contributed by atoms with van der Waals surface area (Å²) in [6, 6.07) is 11.5. The first-order valence-electron chi connectivity index (χ1n) is 8.06. The van der Waals surface area contributed by atoms with Gasteiger partial charge in [-0.25, -0.2) is 10.5 Å². The van der Waals surface area contributed by atoms with Crippen LogP contribution in [-0.4, -0.2) is 36.1 Å². The van der Waals surface area contributed by atoms with Gasteiger partial charge in [-0.3, -0.25) is 4.84 Å². The van der Waals surface area contributed by atoms with E-state index in [0.717, 1.165) is 25.3 Å². The van der Waals surface area contributed by atoms with Crippen molar-refractivity contribution in [2.45, 2.75) is 51.1 Å². The van der Waals surface area contributed by atoms with Crippen LogP contribution in [0.1, 0.15) is 44.6 Å². The smallest absolute Gasteiger partial charge is 0.219 e. The molecule has 3 unspecified atom stereocenters. The van der Waals surface area contributed by atoms with E-state index < -0.39 is 0 Å². The lowest BCUT2D eigenvalue weighted by Gasteiger charge is -2.41. The van der Waals surface area contributed by atoms with Crippen LogP contribution in [0.5, 0.6) is 0 Å². The number of hydroxylamine groups is 1. The molecule has 0 aliphatic carbocycles. The van der Waals surface area contributed by atoms with Crippen molar-refractivity contribution in [2.75, 3.05) is 13.2 Å². The van der Waals surface area contributed by atoms with E-state index >= 15 is 0 Å². The second-order valence-corrected chi connectivity index (χ2v) is 6.04. The molecular weight excluding hydrogens is 262 g/mol. The Morgan fingerprint density at radius 3 is 2.95 bits per heavy atom. The Kier molecular flexibility index (Phi) is 4.44. The number of hydrogen-bond acceptors (Lipinski definition) is 4. The van der Waals surface area contributed by atoms with Gasteiger partial charge in [-0.05, 0) is 31.7 Å². The number of rotatable bonds is 3. The minimum atomic E-state index is 0.364. The lowest BCUT2D eigenvalue weighted by Crippen LogP contribution is -2.56. The Labute approximate surface area is 127 Å². The molecule has 1 N–H and O–H groups in total. The molecule has 2 aliphatic heterocycles. The van der Waals surface area contributed by atoms with E-state index in [1.165, 1.54) is 12.0 Å². The molecule has 0 spiro atoms. The third kappa shape index (κ3) is 3.05. The number of nitrogens with zero attached hydrogens (tertiary/aromatic N) is 2. The zero-order valence-electron chi connectivity index (χ0n) is 13.0. The summed E-state index contributed by atoms with van der Waals surface area (Å²) in [4.78, 5) is 12.8. The van der Waals surface area contributed by atoms with Gasteiger partial charge in [0.1, 0.15) is 0 Å². The minimum Gasteiger partial charge on any atom is -0.335 e. The zero-order valence-corrected chi connectivity index (χ0v) is 13.0. The van der Waals surface area contributed by atoms with Crippen LogP contribution in [0.3, 0.4) is 0 Å². The minimum absolute atomic E-state index is 0.364. The van der Waals surface area contributed by atoms with E-state index in [2.05, 4.69) is 54.6 Å². The maximum Gasteiger partial charge on any atom is 0.219 e. The lowest BCUT2D eigenvalue weighted by atomic mass is 9.88. The van der Waals surface area contributed by atoms with E-state index in [1.807, 2.05) is 0 Å². The summed E-state index contributed by atoms with van der Waals surface area (Å²) in [6.45, 7) is 6.21. The molecule has 1 aromatic carbocycles. The predicted octanol–water partition coefficient (Wildman–Crippen LogP) is 2.92. The first-order chi connectivity index (χ1) is 10.3. The van der Waals surface area contributed by atoms with Crippen molar-refractivity contribution in [1.29, 1.82) is 0 Å². The van der Waals surface area contributed by atoms with Crippen molar-refractivity contribution in [3.63, 3.8) is 0 Å². The number of fused-ring (bicyclic) bond motifs is 1. The van der Waals surface area contributed by atoms with Crippen LogP contribution < -0.4 is 5.48 Å². The van der Waals surface area contributed by atoms with Gasteiger partial charge in [-0.2, -0.15) is 0 Å². The average Bonchev–Trinajstić information content (AvgIpc) is 2.70. The fraction of sp³-hybridized carbons (Fsp3) is 0.588. The molecule has 0 radical (unpaired) electrons. The Morgan fingerprint density at radius 2 is 2.19 bits per heavy atom. The van der Waals surface area contributed by atoms with Crippen molar-refractivity contribution < 1.29 is 4.84 Å². The summed E-state index contributed by atoms with van der Waals surface area (Å²) >= 11 is 0. The van der Waals surface area contributed by atoms with Crippen molar-refractivity contribution in [3.8, 4) is 0 Å². The summed E-state index contributed by atoms with van der Waals surface area (Å²) in [7, 11) is 0. The Hall–Kier alpha value is -1.55. The van der Waals surface area contributed by atoms with Crippen molar-refractivity contribution in [1.82, 2.24) is 10.4 Å². The Balaban J connectivity index is 1.87. The monoisotopic (exact) mass is 287 g/mol. The molecule has 1 aromatic rings. The molecule has 0 amide bonds. The molecule has 0 aromatic heterocycles. The highest BCUT2D eigenvalue weighted by Crippen LogP contribution is 2.30. The van der Waals surface area contributed by atoms with E-state index in [4.69, 9.17) is 9.83 Å². The van der Waals surface area contributed by atoms with E-state index in [9.17, 15) is 0 Å². The fourth-order valence-corrected chi connectivity index (χ4v) is 3.46. The van der Waals surface area contributed by atoms with Crippen LogP contribution in [0.15, 0.2) is 35.3 Å². The van der Waals surface area contributed by atoms with Crippen molar-refractivity contribution in [3.05, 3.63) is 35.9 Å². The van der Waals surface area contributed by atoms with Crippen LogP contribution in [0.2, 0.25) is 0 Å². The predicted molar refractivity (Wildman–Crippen MR) is 85.2 cm³/mol. The molecule has 0 saturated carbocycles. The molecule has 3 atom stereocenters. The van der Waals surface area contributed by atoms with Gasteiger partial charge in [0.2, 0.25) is 5.96 Å². The first-order valence-corrected chi connectivity index (χ1v) is 8.06. The van der Waals surface area contributed by atoms with Gasteiger partial charge in [0, 0.05) is 12.5 Å². The molecular formula is C17H25N3O. The van der Waals surface area contributed by atoms with Gasteiger partial charge >= 0.3 is 0 Å². The van der Waals surface area contributed by atoms with E-state index in [1.54, 1.807) is 0 Å². The highest BCUT2D eigenvalue weighted by molar-refractivity contribution is 5.80. The van der Waals surface area contributed by atoms with Crippen LogP contribution in [0, 0.1) is 0 Å². The Morgan fingerprint density at radius 1 is 1.38 bits per heavy atom. The molecule has 114 valence electrons. The van der Waals surface area contributed by atoms with E-state index in [0.29, 0.717) is 24.6 Å². The van der Waals surface area contributed by atoms with Gasteiger partial charge in [-0.1, -0.05) is 37.3 Å². The third-order valence-electron chi connectivity index (χ3n) is 4.59. The zero-order chi connectivity index (χ0) is 14.7. The van der Waals surface area contributed by atoms with Crippen molar-refractivity contribution >= 4 is 5.96 Å². The molecule has 4 heteroatoms. The normalized spacial score (nSPS) is 27.1. The maximum atomic E-state index is 5.64. The topological polar surface area (TPSA) is 36.9 Å². The summed E-state index contributed by atoms with van der Waals surface area (Å²) in [5.41, 5.74) is 4.42. The molecule has 2 heterocycles. The lowest BCUT2D eigenvalue weighted by molar-refractivity contribution is -0.00513. The molecule has 3 rings (SSSR count). The van der Waals surface area contributed by atoms with Gasteiger partial charge < -0.3 is 4.90 Å². The molecule has 0 bridgehead atoms. The highest BCUT2D eigenvalue weighted by atomic mass is 16.7. The molecule has 21 heavy (non-hydrogen) atoms. The summed E-state index contributed by atoms with van der Waals surface area (Å²) in [6.07, 6.45) is 3.45. The van der Waals surface area contributed by atoms with Crippen molar-refractivity contribution in [2.24, 2.45) is 4.99 Å². The SMILES string of the molecule is CCC(c1ccccc1)C1CONC2=NC(C)CCCN21. The third-order valence-corrected chi connectivity index (χ3v) is 4.59. The number of nitrogens with one attached hydrogen (secondary N) is 1. The number of guanidine groups is 1. The fourth-order valence-electron chi connectivity index (χ4n) is 3.46. The standard InChI is InChI=1S/C17H25N3O/c1-3-15(14-9-5-4-6-10-14)16-12-21-19-17-18-13(2)8-7-11-20(16)17/h4-6,9-10,13,15-16H,3,7-8,11-12H2,1-2H3,(H,18,19). The first kappa shape index (κ1) is 14.4. The number of benzene rings is 1. The molecule has 1 saturated heterocycles.